The van der Waals surface area contributed by atoms with E-state index in [0.717, 1.165) is 23.9 Å². The van der Waals surface area contributed by atoms with Crippen molar-refractivity contribution in [3.63, 3.8) is 0 Å². The Labute approximate surface area is 150 Å². The van der Waals surface area contributed by atoms with Gasteiger partial charge < -0.3 is 0 Å². The van der Waals surface area contributed by atoms with E-state index in [1.54, 1.807) is 12.1 Å². The normalized spacial score (nSPS) is 24.3. The van der Waals surface area contributed by atoms with Crippen LogP contribution in [0.15, 0.2) is 60.7 Å². The second-order valence-electron chi connectivity index (χ2n) is 7.58. The van der Waals surface area contributed by atoms with Crippen molar-refractivity contribution in [3.05, 3.63) is 77.6 Å². The van der Waals surface area contributed by atoms with Gasteiger partial charge in [-0.25, -0.2) is 4.39 Å². The molecule has 0 radical (unpaired) electrons. The topological polar surface area (TPSA) is 3.24 Å². The van der Waals surface area contributed by atoms with Gasteiger partial charge in [-0.2, -0.15) is 0 Å². The van der Waals surface area contributed by atoms with Crippen molar-refractivity contribution in [1.29, 1.82) is 0 Å². The zero-order chi connectivity index (χ0) is 17.1. The van der Waals surface area contributed by atoms with Crippen LogP contribution >= 0.6 is 0 Å². The van der Waals surface area contributed by atoms with Crippen LogP contribution in [0.2, 0.25) is 0 Å². The molecule has 0 aromatic heterocycles. The summed E-state index contributed by atoms with van der Waals surface area (Å²) in [7, 11) is 0. The third-order valence-corrected chi connectivity index (χ3v) is 5.81. The van der Waals surface area contributed by atoms with E-state index in [9.17, 15) is 4.39 Å². The number of hydrogen-bond donors (Lipinski definition) is 0. The van der Waals surface area contributed by atoms with Crippen LogP contribution in [0.4, 0.5) is 4.39 Å². The van der Waals surface area contributed by atoms with E-state index in [4.69, 9.17) is 0 Å². The molecule has 0 N–H and O–H groups in total. The second-order valence-corrected chi connectivity index (χ2v) is 7.58. The monoisotopic (exact) mass is 335 g/mol. The molecule has 1 saturated heterocycles. The Bertz CT molecular complexity index is 720. The Hall–Kier alpha value is -1.93. The fourth-order valence-corrected chi connectivity index (χ4v) is 4.46. The minimum absolute atomic E-state index is 0.181. The van der Waals surface area contributed by atoms with E-state index in [1.165, 1.54) is 49.9 Å². The van der Waals surface area contributed by atoms with Gasteiger partial charge in [0.15, 0.2) is 0 Å². The largest absolute Gasteiger partial charge is 0.299 e. The molecule has 2 fully saturated rings. The first-order valence-electron chi connectivity index (χ1n) is 9.52. The summed E-state index contributed by atoms with van der Waals surface area (Å²) in [5.74, 6) is 1.68. The maximum Gasteiger partial charge on any atom is 0.123 e. The van der Waals surface area contributed by atoms with Crippen molar-refractivity contribution >= 4 is 5.57 Å². The first-order chi connectivity index (χ1) is 12.3. The number of benzene rings is 2. The minimum Gasteiger partial charge on any atom is -0.299 e. The van der Waals surface area contributed by atoms with Gasteiger partial charge in [0.1, 0.15) is 5.82 Å². The first-order valence-corrected chi connectivity index (χ1v) is 9.52. The van der Waals surface area contributed by atoms with Crippen LogP contribution in [0.1, 0.15) is 36.8 Å². The van der Waals surface area contributed by atoms with Crippen LogP contribution < -0.4 is 0 Å². The summed E-state index contributed by atoms with van der Waals surface area (Å²) >= 11 is 0. The molecule has 2 heteroatoms. The minimum atomic E-state index is -0.181. The lowest BCUT2D eigenvalue weighted by Crippen LogP contribution is -2.29. The standard InChI is InChI=1S/C23H26FN/c24-22-10-8-21(9-11-22)23(20-4-2-1-3-5-20)13-15-25-14-12-18-6-7-19(16-18)17-25/h1-5,8-11,13,18-19H,6-7,12,14-17H2/b23-13+. The van der Waals surface area contributed by atoms with Gasteiger partial charge in [0.2, 0.25) is 0 Å². The van der Waals surface area contributed by atoms with Gasteiger partial charge in [-0.15, -0.1) is 0 Å². The van der Waals surface area contributed by atoms with Crippen LogP contribution in [-0.4, -0.2) is 24.5 Å². The van der Waals surface area contributed by atoms with Gasteiger partial charge in [0.25, 0.3) is 0 Å². The molecule has 1 aliphatic heterocycles. The molecule has 130 valence electrons. The van der Waals surface area contributed by atoms with E-state index in [1.807, 2.05) is 18.2 Å². The molecule has 0 spiro atoms. The average Bonchev–Trinajstić information content (AvgIpc) is 2.98. The van der Waals surface area contributed by atoms with E-state index in [0.29, 0.717) is 0 Å². The number of hydrogen-bond acceptors (Lipinski definition) is 1. The molecule has 1 nitrogen and oxygen atoms in total. The molecule has 2 aromatic carbocycles. The molecule has 25 heavy (non-hydrogen) atoms. The summed E-state index contributed by atoms with van der Waals surface area (Å²) in [6, 6.07) is 17.3. The maximum absolute atomic E-state index is 13.3. The molecule has 1 saturated carbocycles. The Morgan fingerprint density at radius 1 is 0.920 bits per heavy atom. The molecule has 4 rings (SSSR count). The first kappa shape index (κ1) is 16.5. The van der Waals surface area contributed by atoms with Crippen LogP contribution in [0, 0.1) is 17.7 Å². The lowest BCUT2D eigenvalue weighted by atomic mass is 9.97. The smallest absolute Gasteiger partial charge is 0.123 e. The predicted octanol–water partition coefficient (Wildman–Crippen LogP) is 5.38. The highest BCUT2D eigenvalue weighted by molar-refractivity contribution is 5.79. The summed E-state index contributed by atoms with van der Waals surface area (Å²) in [5.41, 5.74) is 3.49. The van der Waals surface area contributed by atoms with Gasteiger partial charge in [-0.3, -0.25) is 4.90 Å². The summed E-state index contributed by atoms with van der Waals surface area (Å²) < 4.78 is 13.3. The Kier molecular flexibility index (Phi) is 4.98. The van der Waals surface area contributed by atoms with E-state index in [2.05, 4.69) is 35.2 Å². The number of nitrogens with zero attached hydrogens (tertiary/aromatic N) is 1. The van der Waals surface area contributed by atoms with Crippen molar-refractivity contribution in [3.8, 4) is 0 Å². The van der Waals surface area contributed by atoms with E-state index >= 15 is 0 Å². The molecular weight excluding hydrogens is 309 g/mol. The number of rotatable bonds is 4. The maximum atomic E-state index is 13.3. The van der Waals surface area contributed by atoms with Gasteiger partial charge in [-0.05, 0) is 66.5 Å². The third kappa shape index (κ3) is 4.01. The van der Waals surface area contributed by atoms with Gasteiger partial charge in [0, 0.05) is 13.1 Å². The number of halogens is 1. The van der Waals surface area contributed by atoms with Crippen molar-refractivity contribution < 1.29 is 4.39 Å². The zero-order valence-electron chi connectivity index (χ0n) is 14.7. The van der Waals surface area contributed by atoms with Crippen LogP contribution in [-0.2, 0) is 0 Å². The Morgan fingerprint density at radius 2 is 1.64 bits per heavy atom. The Balaban J connectivity index is 1.57. The molecule has 0 amide bonds. The second kappa shape index (κ2) is 7.53. The van der Waals surface area contributed by atoms with Gasteiger partial charge >= 0.3 is 0 Å². The summed E-state index contributed by atoms with van der Waals surface area (Å²) in [4.78, 5) is 2.61. The molecule has 2 aromatic rings. The highest BCUT2D eigenvalue weighted by Crippen LogP contribution is 2.36. The van der Waals surface area contributed by atoms with Crippen molar-refractivity contribution in [1.82, 2.24) is 4.90 Å². The summed E-state index contributed by atoms with van der Waals surface area (Å²) in [6.07, 6.45) is 7.97. The quantitative estimate of drug-likeness (QED) is 0.725. The van der Waals surface area contributed by atoms with Crippen LogP contribution in [0.3, 0.4) is 0 Å². The zero-order valence-corrected chi connectivity index (χ0v) is 14.7. The van der Waals surface area contributed by atoms with Crippen molar-refractivity contribution in [2.75, 3.05) is 19.6 Å². The summed E-state index contributed by atoms with van der Waals surface area (Å²) in [6.45, 7) is 3.42. The van der Waals surface area contributed by atoms with E-state index < -0.39 is 0 Å². The summed E-state index contributed by atoms with van der Waals surface area (Å²) in [5, 5.41) is 0. The van der Waals surface area contributed by atoms with Gasteiger partial charge in [0.05, 0.1) is 0 Å². The fourth-order valence-electron chi connectivity index (χ4n) is 4.46. The highest BCUT2D eigenvalue weighted by Gasteiger charge is 2.29. The van der Waals surface area contributed by atoms with Crippen LogP contribution in [0.25, 0.3) is 5.57 Å². The van der Waals surface area contributed by atoms with Crippen molar-refractivity contribution in [2.45, 2.75) is 25.7 Å². The highest BCUT2D eigenvalue weighted by atomic mass is 19.1. The average molecular weight is 335 g/mol. The third-order valence-electron chi connectivity index (χ3n) is 5.81. The SMILES string of the molecule is Fc1ccc(/C(=C/CN2CCC3CCC(C3)C2)c2ccccc2)cc1. The lowest BCUT2D eigenvalue weighted by molar-refractivity contribution is 0.260. The molecular formula is C23H26FN. The lowest BCUT2D eigenvalue weighted by Gasteiger charge is -2.23. The van der Waals surface area contributed by atoms with E-state index in [-0.39, 0.29) is 5.82 Å². The fraction of sp³-hybridized carbons (Fsp3) is 0.391. The molecule has 2 atom stereocenters. The molecule has 2 unspecified atom stereocenters. The molecule has 1 aliphatic carbocycles. The van der Waals surface area contributed by atoms with Gasteiger partial charge in [-0.1, -0.05) is 55.0 Å². The Morgan fingerprint density at radius 3 is 2.44 bits per heavy atom. The molecule has 2 aliphatic rings. The number of fused-ring (bicyclic) bond motifs is 2. The predicted molar refractivity (Wildman–Crippen MR) is 102 cm³/mol. The van der Waals surface area contributed by atoms with Crippen molar-refractivity contribution in [2.24, 2.45) is 11.8 Å². The molecule has 2 bridgehead atoms. The number of likely N-dealkylation sites (tertiary alicyclic amines) is 1. The van der Waals surface area contributed by atoms with Crippen LogP contribution in [0.5, 0.6) is 0 Å². The molecule has 1 heterocycles.